The zero-order valence-electron chi connectivity index (χ0n) is 16.2. The summed E-state index contributed by atoms with van der Waals surface area (Å²) in [6.07, 6.45) is 0. The maximum absolute atomic E-state index is 12.8. The quantitative estimate of drug-likeness (QED) is 0.620. The van der Waals surface area contributed by atoms with Crippen molar-refractivity contribution < 1.29 is 17.4 Å². The summed E-state index contributed by atoms with van der Waals surface area (Å²) in [7, 11) is -3.60. The predicted molar refractivity (Wildman–Crippen MR) is 112 cm³/mol. The summed E-state index contributed by atoms with van der Waals surface area (Å²) >= 11 is 5.88. The van der Waals surface area contributed by atoms with Crippen LogP contribution in [0.4, 0.5) is 10.5 Å². The standard InChI is InChI=1S/C20H25ClN2O4S/c1-4-28(25,26)27-19-7-5-6-16(12-19)14-23(13-15(2)3)20(24)22-18-10-8-17(21)9-11-18/h5-12,15H,4,13-14H2,1-3H3,(H,22,24). The zero-order chi connectivity index (χ0) is 20.7. The van der Waals surface area contributed by atoms with Crippen LogP contribution in [0.15, 0.2) is 48.5 Å². The Hall–Kier alpha value is -2.25. The van der Waals surface area contributed by atoms with Gasteiger partial charge in [-0.1, -0.05) is 37.6 Å². The van der Waals surface area contributed by atoms with Gasteiger partial charge in [0.2, 0.25) is 0 Å². The lowest BCUT2D eigenvalue weighted by molar-refractivity contribution is 0.201. The fourth-order valence-corrected chi connectivity index (χ4v) is 3.16. The monoisotopic (exact) mass is 424 g/mol. The minimum absolute atomic E-state index is 0.111. The van der Waals surface area contributed by atoms with E-state index < -0.39 is 10.1 Å². The summed E-state index contributed by atoms with van der Waals surface area (Å²) in [5.41, 5.74) is 1.42. The first kappa shape index (κ1) is 22.0. The minimum Gasteiger partial charge on any atom is -0.382 e. The van der Waals surface area contributed by atoms with Crippen molar-refractivity contribution in [2.75, 3.05) is 17.6 Å². The van der Waals surface area contributed by atoms with E-state index in [1.54, 1.807) is 47.4 Å². The van der Waals surface area contributed by atoms with E-state index in [4.69, 9.17) is 15.8 Å². The zero-order valence-corrected chi connectivity index (χ0v) is 17.8. The van der Waals surface area contributed by atoms with E-state index in [0.717, 1.165) is 5.56 Å². The van der Waals surface area contributed by atoms with Crippen molar-refractivity contribution in [2.45, 2.75) is 27.3 Å². The molecule has 2 rings (SSSR count). The topological polar surface area (TPSA) is 75.7 Å². The molecule has 2 amide bonds. The van der Waals surface area contributed by atoms with Crippen LogP contribution in [0, 0.1) is 5.92 Å². The van der Waals surface area contributed by atoms with Crippen LogP contribution in [0.2, 0.25) is 5.02 Å². The molecular formula is C20H25ClN2O4S. The van der Waals surface area contributed by atoms with Gasteiger partial charge in [-0.05, 0) is 54.8 Å². The molecule has 0 aliphatic rings. The normalized spacial score (nSPS) is 11.3. The molecule has 0 aromatic heterocycles. The van der Waals surface area contributed by atoms with E-state index in [0.29, 0.717) is 23.8 Å². The van der Waals surface area contributed by atoms with Gasteiger partial charge in [0, 0.05) is 23.8 Å². The van der Waals surface area contributed by atoms with Gasteiger partial charge < -0.3 is 14.4 Å². The third-order valence-corrected chi connectivity index (χ3v) is 5.22. The van der Waals surface area contributed by atoms with Gasteiger partial charge >= 0.3 is 16.1 Å². The van der Waals surface area contributed by atoms with Gasteiger partial charge in [-0.3, -0.25) is 0 Å². The molecule has 8 heteroatoms. The summed E-state index contributed by atoms with van der Waals surface area (Å²) in [5.74, 6) is 0.387. The number of halogens is 1. The summed E-state index contributed by atoms with van der Waals surface area (Å²) < 4.78 is 28.4. The molecule has 2 aromatic rings. The SMILES string of the molecule is CCS(=O)(=O)Oc1cccc(CN(CC(C)C)C(=O)Nc2ccc(Cl)cc2)c1. The molecule has 0 radical (unpaired) electrons. The van der Waals surface area contributed by atoms with Crippen molar-refractivity contribution in [2.24, 2.45) is 5.92 Å². The van der Waals surface area contributed by atoms with Crippen LogP contribution in [0.1, 0.15) is 26.3 Å². The highest BCUT2D eigenvalue weighted by Gasteiger charge is 2.17. The Balaban J connectivity index is 2.15. The van der Waals surface area contributed by atoms with Crippen LogP contribution in [-0.4, -0.2) is 31.6 Å². The molecule has 0 spiro atoms. The number of hydrogen-bond acceptors (Lipinski definition) is 4. The lowest BCUT2D eigenvalue weighted by Gasteiger charge is -2.25. The average molecular weight is 425 g/mol. The second-order valence-electron chi connectivity index (χ2n) is 6.79. The molecule has 0 aliphatic heterocycles. The maximum Gasteiger partial charge on any atom is 0.322 e. The summed E-state index contributed by atoms with van der Waals surface area (Å²) in [4.78, 5) is 14.4. The van der Waals surface area contributed by atoms with Crippen molar-refractivity contribution in [3.05, 3.63) is 59.1 Å². The lowest BCUT2D eigenvalue weighted by atomic mass is 10.1. The first-order valence-electron chi connectivity index (χ1n) is 9.01. The number of carbonyl (C=O) groups excluding carboxylic acids is 1. The second-order valence-corrected chi connectivity index (χ2v) is 9.08. The number of carbonyl (C=O) groups is 1. The highest BCUT2D eigenvalue weighted by Crippen LogP contribution is 2.19. The minimum atomic E-state index is -3.60. The van der Waals surface area contributed by atoms with E-state index in [1.165, 1.54) is 6.92 Å². The third kappa shape index (κ3) is 7.05. The highest BCUT2D eigenvalue weighted by molar-refractivity contribution is 7.87. The van der Waals surface area contributed by atoms with Gasteiger partial charge in [0.25, 0.3) is 0 Å². The molecule has 6 nitrogen and oxygen atoms in total. The van der Waals surface area contributed by atoms with Crippen molar-refractivity contribution in [1.29, 1.82) is 0 Å². The molecule has 0 fully saturated rings. The number of rotatable bonds is 8. The Morgan fingerprint density at radius 1 is 1.18 bits per heavy atom. The molecule has 0 heterocycles. The Morgan fingerprint density at radius 3 is 2.46 bits per heavy atom. The van der Waals surface area contributed by atoms with Crippen LogP contribution >= 0.6 is 11.6 Å². The number of benzene rings is 2. The van der Waals surface area contributed by atoms with Crippen molar-refractivity contribution in [3.8, 4) is 5.75 Å². The van der Waals surface area contributed by atoms with Gasteiger partial charge in [0.15, 0.2) is 0 Å². The van der Waals surface area contributed by atoms with Crippen LogP contribution < -0.4 is 9.50 Å². The van der Waals surface area contributed by atoms with Crippen molar-refractivity contribution in [1.82, 2.24) is 4.90 Å². The Labute approximate surface area is 171 Å². The van der Waals surface area contributed by atoms with E-state index >= 15 is 0 Å². The van der Waals surface area contributed by atoms with Crippen LogP contribution in [0.5, 0.6) is 5.75 Å². The molecule has 0 bridgehead atoms. The largest absolute Gasteiger partial charge is 0.382 e. The van der Waals surface area contributed by atoms with Crippen LogP contribution in [0.3, 0.4) is 0 Å². The molecule has 0 aliphatic carbocycles. The first-order valence-corrected chi connectivity index (χ1v) is 11.0. The molecule has 0 saturated heterocycles. The number of urea groups is 1. The highest BCUT2D eigenvalue weighted by atomic mass is 35.5. The molecular weight excluding hydrogens is 400 g/mol. The van der Waals surface area contributed by atoms with Crippen LogP contribution in [-0.2, 0) is 16.7 Å². The summed E-state index contributed by atoms with van der Waals surface area (Å²) in [6, 6.07) is 13.4. The van der Waals surface area contributed by atoms with Crippen LogP contribution in [0.25, 0.3) is 0 Å². The maximum atomic E-state index is 12.8. The lowest BCUT2D eigenvalue weighted by Crippen LogP contribution is -2.37. The molecule has 152 valence electrons. The van der Waals surface area contributed by atoms with Gasteiger partial charge in [-0.2, -0.15) is 8.42 Å². The van der Waals surface area contributed by atoms with E-state index in [9.17, 15) is 13.2 Å². The third-order valence-electron chi connectivity index (χ3n) is 3.82. The fraction of sp³-hybridized carbons (Fsp3) is 0.350. The van der Waals surface area contributed by atoms with E-state index in [1.807, 2.05) is 19.9 Å². The summed E-state index contributed by atoms with van der Waals surface area (Å²) in [5, 5.41) is 3.45. The van der Waals surface area contributed by atoms with E-state index in [-0.39, 0.29) is 23.5 Å². The summed E-state index contributed by atoms with van der Waals surface area (Å²) in [6.45, 7) is 6.43. The fourth-order valence-electron chi connectivity index (χ4n) is 2.52. The molecule has 28 heavy (non-hydrogen) atoms. The number of anilines is 1. The van der Waals surface area contributed by atoms with Gasteiger partial charge in [0.1, 0.15) is 5.75 Å². The van der Waals surface area contributed by atoms with Crippen molar-refractivity contribution >= 4 is 33.4 Å². The van der Waals surface area contributed by atoms with Crippen molar-refractivity contribution in [3.63, 3.8) is 0 Å². The average Bonchev–Trinajstić information content (AvgIpc) is 2.62. The first-order chi connectivity index (χ1) is 13.2. The van der Waals surface area contributed by atoms with E-state index in [2.05, 4.69) is 5.32 Å². The molecule has 0 unspecified atom stereocenters. The van der Waals surface area contributed by atoms with Gasteiger partial charge in [-0.15, -0.1) is 0 Å². The molecule has 0 atom stereocenters. The Morgan fingerprint density at radius 2 is 1.86 bits per heavy atom. The number of nitrogens with one attached hydrogen (secondary N) is 1. The number of amides is 2. The second kappa shape index (κ2) is 9.80. The smallest absolute Gasteiger partial charge is 0.322 e. The number of nitrogens with zero attached hydrogens (tertiary/aromatic N) is 1. The molecule has 2 aromatic carbocycles. The Bertz CT molecular complexity index is 899. The van der Waals surface area contributed by atoms with Gasteiger partial charge in [0.05, 0.1) is 5.75 Å². The number of hydrogen-bond donors (Lipinski definition) is 1. The predicted octanol–water partition coefficient (Wildman–Crippen LogP) is 4.76. The van der Waals surface area contributed by atoms with Gasteiger partial charge in [-0.25, -0.2) is 4.79 Å². The molecule has 1 N–H and O–H groups in total. The molecule has 0 saturated carbocycles. The Kier molecular flexibility index (Phi) is 7.71.